The smallest absolute Gasteiger partial charge is 0.118 e. The third kappa shape index (κ3) is 3.57. The molecule has 0 spiro atoms. The molecule has 2 rings (SSSR count). The van der Waals surface area contributed by atoms with E-state index in [0.717, 1.165) is 30.4 Å². The molecule has 0 saturated heterocycles. The minimum Gasteiger partial charge on any atom is -0.508 e. The van der Waals surface area contributed by atoms with Crippen LogP contribution in [0.1, 0.15) is 54.4 Å². The summed E-state index contributed by atoms with van der Waals surface area (Å²) in [5.41, 5.74) is 4.27. The second kappa shape index (κ2) is 6.66. The number of benzene rings is 2. The molecule has 0 heterocycles. The molecule has 0 aromatic heterocycles. The standard InChI is InChI=1S/C19H24O2/c1-4-5-6-17(15-7-9-18(20)13(2)11-15)16-8-10-19(21)14(3)12-16/h7-12,17,20-21H,4-6H2,1-3H3. The van der Waals surface area contributed by atoms with Crippen LogP contribution in [0.2, 0.25) is 0 Å². The van der Waals surface area contributed by atoms with Crippen LogP contribution in [0.4, 0.5) is 0 Å². The van der Waals surface area contributed by atoms with Crippen LogP contribution in [0.5, 0.6) is 11.5 Å². The van der Waals surface area contributed by atoms with Crippen molar-refractivity contribution in [1.29, 1.82) is 0 Å². The molecule has 0 unspecified atom stereocenters. The maximum atomic E-state index is 9.72. The fourth-order valence-corrected chi connectivity index (χ4v) is 2.72. The SMILES string of the molecule is CCCCC(c1ccc(O)c(C)c1)c1ccc(O)c(C)c1. The lowest BCUT2D eigenvalue weighted by Gasteiger charge is -2.19. The Morgan fingerprint density at radius 1 is 0.857 bits per heavy atom. The minimum atomic E-state index is 0.309. The minimum absolute atomic E-state index is 0.309. The molecule has 0 radical (unpaired) electrons. The molecule has 0 aliphatic carbocycles. The maximum Gasteiger partial charge on any atom is 0.118 e. The highest BCUT2D eigenvalue weighted by atomic mass is 16.3. The van der Waals surface area contributed by atoms with Gasteiger partial charge in [0, 0.05) is 5.92 Å². The Labute approximate surface area is 127 Å². The summed E-state index contributed by atoms with van der Waals surface area (Å²) in [7, 11) is 0. The highest BCUT2D eigenvalue weighted by molar-refractivity contribution is 5.43. The molecular formula is C19H24O2. The first-order chi connectivity index (χ1) is 10.0. The lowest BCUT2D eigenvalue weighted by Crippen LogP contribution is -2.02. The van der Waals surface area contributed by atoms with E-state index < -0.39 is 0 Å². The fraction of sp³-hybridized carbons (Fsp3) is 0.368. The molecule has 2 aromatic carbocycles. The molecule has 2 N–H and O–H groups in total. The van der Waals surface area contributed by atoms with Gasteiger partial charge in [0.2, 0.25) is 0 Å². The van der Waals surface area contributed by atoms with Crippen molar-refractivity contribution in [3.05, 3.63) is 58.7 Å². The quantitative estimate of drug-likeness (QED) is 0.807. The average molecular weight is 284 g/mol. The number of phenolic OH excluding ortho intramolecular Hbond substituents is 2. The van der Waals surface area contributed by atoms with Gasteiger partial charge in [0.1, 0.15) is 11.5 Å². The molecule has 0 aliphatic heterocycles. The van der Waals surface area contributed by atoms with Gasteiger partial charge >= 0.3 is 0 Å². The second-order valence-electron chi connectivity index (χ2n) is 5.79. The van der Waals surface area contributed by atoms with E-state index in [0.29, 0.717) is 17.4 Å². The normalized spacial score (nSPS) is 11.0. The van der Waals surface area contributed by atoms with Crippen LogP contribution in [-0.2, 0) is 0 Å². The van der Waals surface area contributed by atoms with E-state index in [-0.39, 0.29) is 0 Å². The van der Waals surface area contributed by atoms with Crippen molar-refractivity contribution in [1.82, 2.24) is 0 Å². The molecule has 112 valence electrons. The van der Waals surface area contributed by atoms with Gasteiger partial charge in [-0.2, -0.15) is 0 Å². The van der Waals surface area contributed by atoms with Gasteiger partial charge in [-0.1, -0.05) is 44.0 Å². The van der Waals surface area contributed by atoms with Crippen LogP contribution in [0, 0.1) is 13.8 Å². The molecule has 0 atom stereocenters. The van der Waals surface area contributed by atoms with Crippen LogP contribution >= 0.6 is 0 Å². The van der Waals surface area contributed by atoms with Crippen molar-refractivity contribution in [2.75, 3.05) is 0 Å². The average Bonchev–Trinajstić information content (AvgIpc) is 2.46. The summed E-state index contributed by atoms with van der Waals surface area (Å²) in [4.78, 5) is 0. The molecule has 21 heavy (non-hydrogen) atoms. The number of hydrogen-bond donors (Lipinski definition) is 2. The van der Waals surface area contributed by atoms with E-state index in [1.54, 1.807) is 12.1 Å². The Balaban J connectivity index is 2.41. The summed E-state index contributed by atoms with van der Waals surface area (Å²) in [6.45, 7) is 6.05. The molecule has 0 amide bonds. The lowest BCUT2D eigenvalue weighted by molar-refractivity contribution is 0.470. The van der Waals surface area contributed by atoms with Gasteiger partial charge in [-0.05, 0) is 54.7 Å². The molecule has 0 saturated carbocycles. The van der Waals surface area contributed by atoms with Crippen molar-refractivity contribution in [3.8, 4) is 11.5 Å². The van der Waals surface area contributed by atoms with Crippen molar-refractivity contribution in [3.63, 3.8) is 0 Å². The Hall–Kier alpha value is -1.96. The number of aryl methyl sites for hydroxylation is 2. The number of unbranched alkanes of at least 4 members (excludes halogenated alkanes) is 1. The Morgan fingerprint density at radius 3 is 1.71 bits per heavy atom. The van der Waals surface area contributed by atoms with E-state index in [9.17, 15) is 10.2 Å². The molecule has 0 bridgehead atoms. The third-order valence-corrected chi connectivity index (χ3v) is 4.09. The molecular weight excluding hydrogens is 260 g/mol. The van der Waals surface area contributed by atoms with Crippen LogP contribution in [-0.4, -0.2) is 10.2 Å². The molecule has 2 aromatic rings. The van der Waals surface area contributed by atoms with Gasteiger partial charge in [0.25, 0.3) is 0 Å². The summed E-state index contributed by atoms with van der Waals surface area (Å²) in [6, 6.07) is 11.7. The van der Waals surface area contributed by atoms with Gasteiger partial charge in [0.05, 0.1) is 0 Å². The van der Waals surface area contributed by atoms with E-state index in [4.69, 9.17) is 0 Å². The third-order valence-electron chi connectivity index (χ3n) is 4.09. The van der Waals surface area contributed by atoms with Crippen molar-refractivity contribution < 1.29 is 10.2 Å². The van der Waals surface area contributed by atoms with Gasteiger partial charge in [-0.15, -0.1) is 0 Å². The highest BCUT2D eigenvalue weighted by Crippen LogP contribution is 2.34. The molecule has 2 nitrogen and oxygen atoms in total. The van der Waals surface area contributed by atoms with Gasteiger partial charge in [-0.25, -0.2) is 0 Å². The van der Waals surface area contributed by atoms with Crippen molar-refractivity contribution in [2.45, 2.75) is 46.0 Å². The second-order valence-corrected chi connectivity index (χ2v) is 5.79. The summed E-state index contributed by atoms with van der Waals surface area (Å²) < 4.78 is 0. The topological polar surface area (TPSA) is 40.5 Å². The summed E-state index contributed by atoms with van der Waals surface area (Å²) >= 11 is 0. The first-order valence-corrected chi connectivity index (χ1v) is 7.62. The predicted octanol–water partition coefficient (Wildman–Crippen LogP) is 5.04. The van der Waals surface area contributed by atoms with Crippen LogP contribution in [0.25, 0.3) is 0 Å². The van der Waals surface area contributed by atoms with E-state index in [2.05, 4.69) is 19.1 Å². The van der Waals surface area contributed by atoms with E-state index in [1.165, 1.54) is 11.1 Å². The zero-order valence-corrected chi connectivity index (χ0v) is 13.1. The number of hydrogen-bond acceptors (Lipinski definition) is 2. The number of phenols is 2. The van der Waals surface area contributed by atoms with Gasteiger partial charge in [0.15, 0.2) is 0 Å². The van der Waals surface area contributed by atoms with Gasteiger partial charge < -0.3 is 10.2 Å². The van der Waals surface area contributed by atoms with E-state index in [1.807, 2.05) is 26.0 Å². The van der Waals surface area contributed by atoms with Crippen LogP contribution in [0.15, 0.2) is 36.4 Å². The van der Waals surface area contributed by atoms with Crippen LogP contribution in [0.3, 0.4) is 0 Å². The molecule has 0 fully saturated rings. The molecule has 2 heteroatoms. The maximum absolute atomic E-state index is 9.72. The predicted molar refractivity (Wildman–Crippen MR) is 87.1 cm³/mol. The summed E-state index contributed by atoms with van der Waals surface area (Å²) in [5, 5.41) is 19.4. The van der Waals surface area contributed by atoms with Gasteiger partial charge in [-0.3, -0.25) is 0 Å². The Kier molecular flexibility index (Phi) is 4.89. The highest BCUT2D eigenvalue weighted by Gasteiger charge is 2.15. The molecule has 0 aliphatic rings. The Morgan fingerprint density at radius 2 is 1.33 bits per heavy atom. The first kappa shape index (κ1) is 15.4. The number of rotatable bonds is 5. The van der Waals surface area contributed by atoms with Crippen LogP contribution < -0.4 is 0 Å². The zero-order valence-electron chi connectivity index (χ0n) is 13.1. The fourth-order valence-electron chi connectivity index (χ4n) is 2.72. The van der Waals surface area contributed by atoms with Crippen molar-refractivity contribution >= 4 is 0 Å². The van der Waals surface area contributed by atoms with Crippen molar-refractivity contribution in [2.24, 2.45) is 0 Å². The Bertz CT molecular complexity index is 565. The first-order valence-electron chi connectivity index (χ1n) is 7.62. The van der Waals surface area contributed by atoms with E-state index >= 15 is 0 Å². The zero-order chi connectivity index (χ0) is 15.4. The largest absolute Gasteiger partial charge is 0.508 e. The number of aromatic hydroxyl groups is 2. The lowest BCUT2D eigenvalue weighted by atomic mass is 9.85. The monoisotopic (exact) mass is 284 g/mol. The summed E-state index contributed by atoms with van der Waals surface area (Å²) in [5.74, 6) is 0.994. The summed E-state index contributed by atoms with van der Waals surface area (Å²) in [6.07, 6.45) is 3.39.